The molecule has 0 bridgehead atoms. The molecule has 0 fully saturated rings. The van der Waals surface area contributed by atoms with E-state index in [0.29, 0.717) is 10.8 Å². The van der Waals surface area contributed by atoms with Crippen LogP contribution in [0.5, 0.6) is 5.75 Å². The zero-order valence-corrected chi connectivity index (χ0v) is 11.3. The number of hydrogen-bond acceptors (Lipinski definition) is 2. The van der Waals surface area contributed by atoms with Crippen LogP contribution in [-0.4, -0.2) is 17.2 Å². The monoisotopic (exact) mass is 266 g/mol. The summed E-state index contributed by atoms with van der Waals surface area (Å²) in [5.41, 5.74) is 1.64. The second kappa shape index (κ2) is 4.32. The van der Waals surface area contributed by atoms with Gasteiger partial charge in [0.25, 0.3) is 0 Å². The first-order valence-electron chi connectivity index (χ1n) is 5.71. The van der Waals surface area contributed by atoms with Crippen LogP contribution in [0.1, 0.15) is 31.9 Å². The molecular weight excluding hydrogens is 252 g/mol. The predicted molar refractivity (Wildman–Crippen MR) is 71.2 cm³/mol. The van der Waals surface area contributed by atoms with Crippen molar-refractivity contribution in [3.63, 3.8) is 0 Å². The van der Waals surface area contributed by atoms with Gasteiger partial charge in [-0.05, 0) is 29.2 Å². The average molecular weight is 267 g/mol. The van der Waals surface area contributed by atoms with Crippen LogP contribution >= 0.6 is 11.6 Å². The Morgan fingerprint density at radius 1 is 1.39 bits per heavy atom. The van der Waals surface area contributed by atoms with Crippen molar-refractivity contribution in [3.8, 4) is 5.75 Å². The Balaban J connectivity index is 2.47. The molecule has 96 valence electrons. The Morgan fingerprint density at radius 3 is 2.61 bits per heavy atom. The van der Waals surface area contributed by atoms with Gasteiger partial charge in [0.15, 0.2) is 0 Å². The number of carboxylic acids is 1. The SMILES string of the molecule is CC(C)(C)c1cc2c(cc1Cl)C=CC(C(=O)O)O2. The molecule has 0 saturated carbocycles. The zero-order valence-electron chi connectivity index (χ0n) is 10.5. The highest BCUT2D eigenvalue weighted by Gasteiger charge is 2.25. The highest BCUT2D eigenvalue weighted by Crippen LogP contribution is 2.37. The smallest absolute Gasteiger partial charge is 0.349 e. The van der Waals surface area contributed by atoms with Crippen molar-refractivity contribution in [3.05, 3.63) is 34.4 Å². The van der Waals surface area contributed by atoms with Gasteiger partial charge in [0.2, 0.25) is 6.10 Å². The Hall–Kier alpha value is -1.48. The first-order valence-corrected chi connectivity index (χ1v) is 6.08. The molecule has 2 rings (SSSR count). The average Bonchev–Trinajstić information content (AvgIpc) is 2.25. The molecule has 1 unspecified atom stereocenters. The third-order valence-corrected chi connectivity index (χ3v) is 3.17. The van der Waals surface area contributed by atoms with Gasteiger partial charge in [0.05, 0.1) is 0 Å². The molecule has 0 spiro atoms. The Bertz CT molecular complexity index is 527. The van der Waals surface area contributed by atoms with Gasteiger partial charge in [0, 0.05) is 10.6 Å². The molecule has 1 aromatic carbocycles. The van der Waals surface area contributed by atoms with Crippen LogP contribution in [0.2, 0.25) is 5.02 Å². The predicted octanol–water partition coefficient (Wildman–Crippen LogP) is 3.50. The molecular formula is C14H15ClO3. The zero-order chi connectivity index (χ0) is 13.5. The maximum absolute atomic E-state index is 10.9. The van der Waals surface area contributed by atoms with E-state index < -0.39 is 12.1 Å². The Labute approximate surface area is 111 Å². The fraction of sp³-hybridized carbons (Fsp3) is 0.357. The van der Waals surface area contributed by atoms with E-state index in [9.17, 15) is 4.79 Å². The van der Waals surface area contributed by atoms with Crippen molar-refractivity contribution in [2.24, 2.45) is 0 Å². The quantitative estimate of drug-likeness (QED) is 0.846. The first-order chi connectivity index (χ1) is 8.29. The molecule has 1 aliphatic heterocycles. The summed E-state index contributed by atoms with van der Waals surface area (Å²) in [7, 11) is 0. The van der Waals surface area contributed by atoms with E-state index >= 15 is 0 Å². The highest BCUT2D eigenvalue weighted by molar-refractivity contribution is 6.31. The van der Waals surface area contributed by atoms with Crippen molar-refractivity contribution in [2.75, 3.05) is 0 Å². The summed E-state index contributed by atoms with van der Waals surface area (Å²) in [5.74, 6) is -0.427. The van der Waals surface area contributed by atoms with Crippen molar-refractivity contribution in [2.45, 2.75) is 32.3 Å². The van der Waals surface area contributed by atoms with Crippen LogP contribution in [0.25, 0.3) is 6.08 Å². The number of ether oxygens (including phenoxy) is 1. The van der Waals surface area contributed by atoms with E-state index in [4.69, 9.17) is 21.4 Å². The molecule has 1 aliphatic rings. The van der Waals surface area contributed by atoms with E-state index in [-0.39, 0.29) is 5.41 Å². The van der Waals surface area contributed by atoms with Gasteiger partial charge >= 0.3 is 5.97 Å². The Morgan fingerprint density at radius 2 is 2.06 bits per heavy atom. The van der Waals surface area contributed by atoms with Gasteiger partial charge < -0.3 is 9.84 Å². The summed E-state index contributed by atoms with van der Waals surface area (Å²) in [6, 6.07) is 3.64. The lowest BCUT2D eigenvalue weighted by molar-refractivity contribution is -0.142. The third-order valence-electron chi connectivity index (χ3n) is 2.86. The molecule has 18 heavy (non-hydrogen) atoms. The summed E-state index contributed by atoms with van der Waals surface area (Å²) in [6.07, 6.45) is 2.32. The largest absolute Gasteiger partial charge is 0.478 e. The minimum absolute atomic E-state index is 0.116. The molecule has 0 amide bonds. The minimum Gasteiger partial charge on any atom is -0.478 e. The van der Waals surface area contributed by atoms with Crippen LogP contribution in [0.4, 0.5) is 0 Å². The van der Waals surface area contributed by atoms with E-state index in [1.54, 1.807) is 6.08 Å². The number of hydrogen-bond donors (Lipinski definition) is 1. The fourth-order valence-electron chi connectivity index (χ4n) is 1.88. The number of fused-ring (bicyclic) bond motifs is 1. The second-order valence-electron chi connectivity index (χ2n) is 5.36. The number of carboxylic acid groups (broad SMARTS) is 1. The highest BCUT2D eigenvalue weighted by atomic mass is 35.5. The van der Waals surface area contributed by atoms with E-state index in [2.05, 4.69) is 0 Å². The van der Waals surface area contributed by atoms with Crippen molar-refractivity contribution >= 4 is 23.6 Å². The van der Waals surface area contributed by atoms with Crippen LogP contribution in [0, 0.1) is 0 Å². The van der Waals surface area contributed by atoms with Crippen molar-refractivity contribution < 1.29 is 14.6 Å². The fourth-order valence-corrected chi connectivity index (χ4v) is 2.33. The molecule has 1 atom stereocenters. The van der Waals surface area contributed by atoms with Crippen molar-refractivity contribution in [1.29, 1.82) is 0 Å². The lowest BCUT2D eigenvalue weighted by Gasteiger charge is -2.25. The van der Waals surface area contributed by atoms with Gasteiger partial charge in [-0.2, -0.15) is 0 Å². The molecule has 3 nitrogen and oxygen atoms in total. The summed E-state index contributed by atoms with van der Waals surface area (Å²) < 4.78 is 5.44. The summed E-state index contributed by atoms with van der Waals surface area (Å²) in [6.45, 7) is 6.15. The Kier molecular flexibility index (Phi) is 3.11. The number of halogens is 1. The molecule has 1 N–H and O–H groups in total. The summed E-state index contributed by atoms with van der Waals surface area (Å²) >= 11 is 6.24. The number of carbonyl (C=O) groups is 1. The van der Waals surface area contributed by atoms with Gasteiger partial charge in [-0.15, -0.1) is 0 Å². The normalized spacial score (nSPS) is 18.1. The topological polar surface area (TPSA) is 46.5 Å². The van der Waals surface area contributed by atoms with E-state index in [0.717, 1.165) is 11.1 Å². The molecule has 0 aromatic heterocycles. The third kappa shape index (κ3) is 2.36. The molecule has 0 saturated heterocycles. The lowest BCUT2D eigenvalue weighted by atomic mass is 9.86. The second-order valence-corrected chi connectivity index (χ2v) is 5.76. The van der Waals surface area contributed by atoms with Crippen LogP contribution < -0.4 is 4.74 Å². The van der Waals surface area contributed by atoms with Gasteiger partial charge in [0.1, 0.15) is 5.75 Å². The van der Waals surface area contributed by atoms with Gasteiger partial charge in [-0.3, -0.25) is 0 Å². The summed E-state index contributed by atoms with van der Waals surface area (Å²) in [4.78, 5) is 10.9. The molecule has 4 heteroatoms. The molecule has 0 radical (unpaired) electrons. The standard InChI is InChI=1S/C14H15ClO3/c1-14(2,3)9-7-12-8(6-10(9)15)4-5-11(18-12)13(16)17/h4-7,11H,1-3H3,(H,16,17). The van der Waals surface area contributed by atoms with Gasteiger partial charge in [-0.25, -0.2) is 4.79 Å². The maximum Gasteiger partial charge on any atom is 0.349 e. The number of aliphatic carboxylic acids is 1. The van der Waals surface area contributed by atoms with E-state index in [1.807, 2.05) is 32.9 Å². The van der Waals surface area contributed by atoms with Crippen LogP contribution in [-0.2, 0) is 10.2 Å². The van der Waals surface area contributed by atoms with Crippen molar-refractivity contribution in [1.82, 2.24) is 0 Å². The molecule has 1 heterocycles. The molecule has 1 aromatic rings. The molecule has 0 aliphatic carbocycles. The van der Waals surface area contributed by atoms with E-state index in [1.165, 1.54) is 6.08 Å². The van der Waals surface area contributed by atoms with Crippen LogP contribution in [0.3, 0.4) is 0 Å². The number of rotatable bonds is 1. The van der Waals surface area contributed by atoms with Crippen LogP contribution in [0.15, 0.2) is 18.2 Å². The lowest BCUT2D eigenvalue weighted by Crippen LogP contribution is -2.27. The summed E-state index contributed by atoms with van der Waals surface area (Å²) in [5, 5.41) is 9.61. The maximum atomic E-state index is 10.9. The number of benzene rings is 1. The van der Waals surface area contributed by atoms with Gasteiger partial charge in [-0.1, -0.05) is 38.4 Å². The first kappa shape index (κ1) is 13.0. The minimum atomic E-state index is -0.996.